The van der Waals surface area contributed by atoms with Gasteiger partial charge in [-0.25, -0.2) is 0 Å². The molecule has 0 amide bonds. The van der Waals surface area contributed by atoms with Crippen molar-refractivity contribution >= 4 is 16.8 Å². The second kappa shape index (κ2) is 4.17. The highest BCUT2D eigenvalue weighted by molar-refractivity contribution is 6.67. The molecule has 1 aromatic heterocycles. The zero-order valence-corrected chi connectivity index (χ0v) is 8.57. The molecule has 0 aromatic carbocycles. The zero-order chi connectivity index (χ0) is 12.5. The van der Waals surface area contributed by atoms with Crippen LogP contribution in [0.25, 0.3) is 0 Å². The number of nitrogens with one attached hydrogen (secondary N) is 1. The minimum absolute atomic E-state index is 0.134. The number of alkyl halides is 3. The summed E-state index contributed by atoms with van der Waals surface area (Å²) in [7, 11) is 0. The lowest BCUT2D eigenvalue weighted by Crippen LogP contribution is -2.24. The summed E-state index contributed by atoms with van der Waals surface area (Å²) in [6.45, 7) is 1.19. The van der Waals surface area contributed by atoms with Crippen molar-refractivity contribution in [2.24, 2.45) is 0 Å². The molecule has 1 rings (SSSR count). The molecule has 8 heteroatoms. The van der Waals surface area contributed by atoms with Crippen molar-refractivity contribution in [3.05, 3.63) is 27.7 Å². The minimum Gasteiger partial charge on any atom is -0.400 e. The first-order chi connectivity index (χ1) is 7.20. The Morgan fingerprint density at radius 1 is 1.50 bits per heavy atom. The van der Waals surface area contributed by atoms with E-state index in [1.54, 1.807) is 0 Å². The molecule has 0 spiro atoms. The first-order valence-corrected chi connectivity index (χ1v) is 4.28. The molecule has 0 saturated carbocycles. The second-order valence-corrected chi connectivity index (χ2v) is 3.19. The third-order valence-corrected chi connectivity index (χ3v) is 1.81. The Hall–Kier alpha value is -1.50. The quantitative estimate of drug-likeness (QED) is 0.822. The number of carbonyl (C=O) groups excluding carboxylic acids is 1. The highest BCUT2D eigenvalue weighted by Gasteiger charge is 2.33. The number of aromatic amines is 1. The number of rotatable bonds is 2. The van der Waals surface area contributed by atoms with Crippen molar-refractivity contribution < 1.29 is 22.7 Å². The van der Waals surface area contributed by atoms with Crippen molar-refractivity contribution in [2.75, 3.05) is 0 Å². The van der Waals surface area contributed by atoms with Crippen molar-refractivity contribution in [2.45, 2.75) is 13.3 Å². The smallest absolute Gasteiger partial charge is 0.400 e. The second-order valence-electron chi connectivity index (χ2n) is 2.85. The predicted octanol–water partition coefficient (Wildman–Crippen LogP) is 1.96. The van der Waals surface area contributed by atoms with Gasteiger partial charge >= 0.3 is 6.36 Å². The maximum atomic E-state index is 11.9. The lowest BCUT2D eigenvalue weighted by molar-refractivity contribution is -0.275. The molecular weight excluding hydrogens is 251 g/mol. The molecular formula is C8H5ClF3NO3. The molecule has 0 fully saturated rings. The molecule has 0 unspecified atom stereocenters. The van der Waals surface area contributed by atoms with E-state index < -0.39 is 22.9 Å². The van der Waals surface area contributed by atoms with Gasteiger partial charge in [0.15, 0.2) is 5.75 Å². The summed E-state index contributed by atoms with van der Waals surface area (Å²) in [5.41, 5.74) is -1.59. The number of hydrogen-bond donors (Lipinski definition) is 1. The minimum atomic E-state index is -4.97. The van der Waals surface area contributed by atoms with Crippen molar-refractivity contribution in [3.63, 3.8) is 0 Å². The van der Waals surface area contributed by atoms with Gasteiger partial charge in [-0.15, -0.1) is 13.2 Å². The molecule has 0 atom stereocenters. The molecule has 0 aliphatic rings. The Morgan fingerprint density at radius 2 is 2.06 bits per heavy atom. The van der Waals surface area contributed by atoms with Crippen LogP contribution in [0.1, 0.15) is 16.1 Å². The normalized spacial score (nSPS) is 11.3. The van der Waals surface area contributed by atoms with E-state index in [0.717, 1.165) is 6.07 Å². The van der Waals surface area contributed by atoms with E-state index in [2.05, 4.69) is 4.74 Å². The van der Waals surface area contributed by atoms with Gasteiger partial charge in [-0.2, -0.15) is 0 Å². The van der Waals surface area contributed by atoms with Gasteiger partial charge in [0.25, 0.3) is 10.8 Å². The number of aryl methyl sites for hydroxylation is 1. The molecule has 88 valence electrons. The fourth-order valence-corrected chi connectivity index (χ4v) is 1.13. The standard InChI is InChI=1S/C8H5ClF3NO3/c1-3-2-4(6(9)14)13-7(15)5(3)16-8(10,11)12/h2H,1H3,(H,13,15). The summed E-state index contributed by atoms with van der Waals surface area (Å²) in [6, 6.07) is 0.998. The summed E-state index contributed by atoms with van der Waals surface area (Å²) in [5.74, 6) is -0.908. The predicted molar refractivity (Wildman–Crippen MR) is 48.7 cm³/mol. The Morgan fingerprint density at radius 3 is 2.44 bits per heavy atom. The maximum absolute atomic E-state index is 11.9. The van der Waals surface area contributed by atoms with Crippen LogP contribution in [-0.2, 0) is 0 Å². The van der Waals surface area contributed by atoms with Crippen LogP contribution in [0.2, 0.25) is 0 Å². The van der Waals surface area contributed by atoms with Crippen LogP contribution in [0.15, 0.2) is 10.9 Å². The van der Waals surface area contributed by atoms with Crippen LogP contribution in [0.4, 0.5) is 13.2 Å². The molecule has 16 heavy (non-hydrogen) atoms. The Bertz CT molecular complexity index is 480. The summed E-state index contributed by atoms with van der Waals surface area (Å²) < 4.78 is 39.2. The van der Waals surface area contributed by atoms with Gasteiger partial charge in [-0.1, -0.05) is 0 Å². The fraction of sp³-hybridized carbons (Fsp3) is 0.250. The van der Waals surface area contributed by atoms with Gasteiger partial charge in [0, 0.05) is 0 Å². The number of carbonyl (C=O) groups is 1. The van der Waals surface area contributed by atoms with Crippen molar-refractivity contribution in [1.82, 2.24) is 4.98 Å². The Kier molecular flexibility index (Phi) is 3.27. The third-order valence-electron chi connectivity index (χ3n) is 1.60. The lowest BCUT2D eigenvalue weighted by atomic mass is 10.2. The maximum Gasteiger partial charge on any atom is 0.573 e. The Labute approximate surface area is 92.0 Å². The summed E-state index contributed by atoms with van der Waals surface area (Å²) in [4.78, 5) is 23.7. The number of aromatic nitrogens is 1. The van der Waals surface area contributed by atoms with Gasteiger partial charge < -0.3 is 9.72 Å². The largest absolute Gasteiger partial charge is 0.573 e. The number of H-pyrrole nitrogens is 1. The van der Waals surface area contributed by atoms with E-state index in [4.69, 9.17) is 11.6 Å². The van der Waals surface area contributed by atoms with Crippen molar-refractivity contribution in [1.29, 1.82) is 0 Å². The third kappa shape index (κ3) is 2.99. The molecule has 0 aliphatic carbocycles. The summed E-state index contributed by atoms with van der Waals surface area (Å²) in [5, 5.41) is -0.973. The van der Waals surface area contributed by atoms with Crippen LogP contribution in [0, 0.1) is 6.92 Å². The molecule has 4 nitrogen and oxygen atoms in total. The zero-order valence-electron chi connectivity index (χ0n) is 7.81. The topological polar surface area (TPSA) is 59.2 Å². The van der Waals surface area contributed by atoms with E-state index in [1.165, 1.54) is 6.92 Å². The van der Waals surface area contributed by atoms with E-state index in [1.807, 2.05) is 4.98 Å². The van der Waals surface area contributed by atoms with Gasteiger partial charge in [0.2, 0.25) is 0 Å². The molecule has 1 aromatic rings. The van der Waals surface area contributed by atoms with Crippen LogP contribution < -0.4 is 10.3 Å². The van der Waals surface area contributed by atoms with Crippen LogP contribution >= 0.6 is 11.6 Å². The first kappa shape index (κ1) is 12.6. The van der Waals surface area contributed by atoms with E-state index in [-0.39, 0.29) is 11.3 Å². The molecule has 0 saturated heterocycles. The van der Waals surface area contributed by atoms with Gasteiger partial charge in [0.1, 0.15) is 5.69 Å². The number of halogens is 4. The average Bonchev–Trinajstić information content (AvgIpc) is 2.09. The SMILES string of the molecule is Cc1cc(C(=O)Cl)[nH]c(=O)c1OC(F)(F)F. The molecule has 0 aliphatic heterocycles. The highest BCUT2D eigenvalue weighted by atomic mass is 35.5. The van der Waals surface area contributed by atoms with Crippen molar-refractivity contribution in [3.8, 4) is 5.75 Å². The van der Waals surface area contributed by atoms with E-state index in [0.29, 0.717) is 0 Å². The number of ether oxygens (including phenoxy) is 1. The molecule has 0 bridgehead atoms. The molecule has 1 N–H and O–H groups in total. The summed E-state index contributed by atoms with van der Waals surface area (Å²) >= 11 is 5.06. The van der Waals surface area contributed by atoms with Crippen LogP contribution in [-0.4, -0.2) is 16.6 Å². The lowest BCUT2D eigenvalue weighted by Gasteiger charge is -2.10. The fourth-order valence-electron chi connectivity index (χ4n) is 1.02. The van der Waals surface area contributed by atoms with E-state index in [9.17, 15) is 22.8 Å². The Balaban J connectivity index is 3.24. The monoisotopic (exact) mass is 255 g/mol. The molecule has 1 heterocycles. The summed E-state index contributed by atoms with van der Waals surface area (Å²) in [6.07, 6.45) is -4.97. The van der Waals surface area contributed by atoms with Gasteiger partial charge in [0.05, 0.1) is 0 Å². The first-order valence-electron chi connectivity index (χ1n) is 3.90. The van der Waals surface area contributed by atoms with Gasteiger partial charge in [-0.3, -0.25) is 9.59 Å². The van der Waals surface area contributed by atoms with E-state index >= 15 is 0 Å². The average molecular weight is 256 g/mol. The van der Waals surface area contributed by atoms with Crippen LogP contribution in [0.5, 0.6) is 5.75 Å². The molecule has 0 radical (unpaired) electrons. The number of hydrogen-bond acceptors (Lipinski definition) is 3. The van der Waals surface area contributed by atoms with Crippen LogP contribution in [0.3, 0.4) is 0 Å². The number of pyridine rings is 1. The highest BCUT2D eigenvalue weighted by Crippen LogP contribution is 2.22. The van der Waals surface area contributed by atoms with Gasteiger partial charge in [-0.05, 0) is 30.2 Å².